The topological polar surface area (TPSA) is 27.7 Å². The monoisotopic (exact) mass is 342 g/mol. The van der Waals surface area contributed by atoms with Crippen molar-refractivity contribution in [3.05, 3.63) is 22.7 Å². The second kappa shape index (κ2) is 8.96. The van der Waals surface area contributed by atoms with Gasteiger partial charge in [0.25, 0.3) is 0 Å². The van der Waals surface area contributed by atoms with Crippen LogP contribution in [0, 0.1) is 6.92 Å². The maximum atomic E-state index is 6.22. The van der Waals surface area contributed by atoms with Gasteiger partial charge in [-0.1, -0.05) is 45.4 Å². The molecule has 0 N–H and O–H groups in total. The molecule has 0 atom stereocenters. The zero-order valence-corrected chi connectivity index (χ0v) is 17.1. The van der Waals surface area contributed by atoms with Crippen LogP contribution in [-0.2, 0) is 9.31 Å². The summed E-state index contributed by atoms with van der Waals surface area (Å²) in [6, 6.07) is 3.84. The van der Waals surface area contributed by atoms with Crippen LogP contribution in [0.25, 0.3) is 0 Å². The number of methoxy groups -OCH3 is 1. The molecule has 1 aromatic rings. The molecule has 0 aliphatic carbocycles. The molecule has 0 bridgehead atoms. The van der Waals surface area contributed by atoms with Crippen LogP contribution in [0.2, 0.25) is 5.02 Å². The average Bonchev–Trinajstić information content (AvgIpc) is 2.71. The Kier molecular flexibility index (Phi) is 8.68. The highest BCUT2D eigenvalue weighted by Gasteiger charge is 2.51. The first-order valence-electron chi connectivity index (χ1n) is 8.37. The van der Waals surface area contributed by atoms with Crippen molar-refractivity contribution in [3.8, 4) is 5.75 Å². The van der Waals surface area contributed by atoms with Crippen LogP contribution < -0.4 is 10.2 Å². The molecular formula is C18H32BClO3. The highest BCUT2D eigenvalue weighted by Crippen LogP contribution is 2.37. The van der Waals surface area contributed by atoms with E-state index in [2.05, 4.69) is 0 Å². The fraction of sp³-hybridized carbons (Fsp3) is 0.667. The fourth-order valence-electron chi connectivity index (χ4n) is 2.13. The lowest BCUT2D eigenvalue weighted by atomic mass is 9.78. The van der Waals surface area contributed by atoms with Crippen molar-refractivity contribution >= 4 is 24.2 Å². The van der Waals surface area contributed by atoms with E-state index in [4.69, 9.17) is 25.6 Å². The van der Waals surface area contributed by atoms with Crippen LogP contribution in [0.15, 0.2) is 12.1 Å². The first-order valence-corrected chi connectivity index (χ1v) is 8.75. The van der Waals surface area contributed by atoms with Crippen LogP contribution in [0.3, 0.4) is 0 Å². The van der Waals surface area contributed by atoms with Crippen molar-refractivity contribution in [2.45, 2.75) is 73.5 Å². The molecule has 5 heteroatoms. The molecule has 132 valence electrons. The van der Waals surface area contributed by atoms with E-state index in [0.717, 1.165) is 11.0 Å². The zero-order valence-electron chi connectivity index (χ0n) is 16.3. The Morgan fingerprint density at radius 3 is 1.74 bits per heavy atom. The molecule has 2 rings (SSSR count). The van der Waals surface area contributed by atoms with Gasteiger partial charge in [-0.25, -0.2) is 0 Å². The molecule has 0 amide bonds. The van der Waals surface area contributed by atoms with Gasteiger partial charge in [-0.2, -0.15) is 0 Å². The summed E-state index contributed by atoms with van der Waals surface area (Å²) in [7, 11) is 1.22. The van der Waals surface area contributed by atoms with Gasteiger partial charge in [-0.3, -0.25) is 0 Å². The van der Waals surface area contributed by atoms with Crippen molar-refractivity contribution in [1.82, 2.24) is 0 Å². The molecule has 0 spiro atoms. The van der Waals surface area contributed by atoms with E-state index in [1.54, 1.807) is 7.11 Å². The molecule has 0 radical (unpaired) electrons. The summed E-state index contributed by atoms with van der Waals surface area (Å²) in [5.41, 5.74) is 1.19. The fourth-order valence-corrected chi connectivity index (χ4v) is 2.48. The van der Waals surface area contributed by atoms with Gasteiger partial charge in [0.15, 0.2) is 0 Å². The van der Waals surface area contributed by atoms with E-state index in [1.807, 2.05) is 74.4 Å². The van der Waals surface area contributed by atoms with Crippen molar-refractivity contribution in [1.29, 1.82) is 0 Å². The van der Waals surface area contributed by atoms with Crippen LogP contribution in [0.5, 0.6) is 5.75 Å². The molecule has 3 nitrogen and oxygen atoms in total. The highest BCUT2D eigenvalue weighted by molar-refractivity contribution is 6.62. The molecule has 1 aliphatic rings. The second-order valence-corrected chi connectivity index (χ2v) is 6.35. The van der Waals surface area contributed by atoms with Gasteiger partial charge in [0.2, 0.25) is 0 Å². The van der Waals surface area contributed by atoms with E-state index in [-0.39, 0.29) is 11.2 Å². The minimum absolute atomic E-state index is 0.349. The van der Waals surface area contributed by atoms with Crippen LogP contribution in [-0.4, -0.2) is 25.4 Å². The van der Waals surface area contributed by atoms with Crippen molar-refractivity contribution < 1.29 is 14.0 Å². The first-order chi connectivity index (χ1) is 10.7. The van der Waals surface area contributed by atoms with Crippen LogP contribution in [0.4, 0.5) is 0 Å². The molecule has 23 heavy (non-hydrogen) atoms. The van der Waals surface area contributed by atoms with E-state index >= 15 is 0 Å². The van der Waals surface area contributed by atoms with E-state index in [9.17, 15) is 0 Å². The summed E-state index contributed by atoms with van der Waals surface area (Å²) in [6.07, 6.45) is 0. The normalized spacial score (nSPS) is 17.6. The molecule has 1 aromatic carbocycles. The molecule has 1 saturated heterocycles. The van der Waals surface area contributed by atoms with Gasteiger partial charge >= 0.3 is 7.12 Å². The molecule has 1 heterocycles. The quantitative estimate of drug-likeness (QED) is 0.707. The predicted octanol–water partition coefficient (Wildman–Crippen LogP) is 5.01. The third kappa shape index (κ3) is 4.88. The van der Waals surface area contributed by atoms with Crippen LogP contribution in [0.1, 0.15) is 61.0 Å². The van der Waals surface area contributed by atoms with E-state index < -0.39 is 7.12 Å². The standard InChI is InChI=1S/C14H20BClO3.2C2H6/c1-9-7-10(8-11(16)12(9)17-6)15-18-13(2,3)14(4,5)19-15;2*1-2/h7-8H,1-6H3;2*1-2H3. The van der Waals surface area contributed by atoms with Crippen molar-refractivity contribution in [2.75, 3.05) is 7.11 Å². The molecule has 0 unspecified atom stereocenters. The maximum Gasteiger partial charge on any atom is 0.494 e. The molecule has 1 fully saturated rings. The Balaban J connectivity index is 0.00000112. The number of hydrogen-bond donors (Lipinski definition) is 0. The second-order valence-electron chi connectivity index (χ2n) is 5.94. The van der Waals surface area contributed by atoms with Gasteiger partial charge in [0.1, 0.15) is 5.75 Å². The predicted molar refractivity (Wildman–Crippen MR) is 101 cm³/mol. The lowest BCUT2D eigenvalue weighted by Gasteiger charge is -2.32. The Labute approximate surface area is 147 Å². The summed E-state index contributed by atoms with van der Waals surface area (Å²) in [6.45, 7) is 18.1. The first kappa shape index (κ1) is 22.3. The molecule has 0 aromatic heterocycles. The summed E-state index contributed by atoms with van der Waals surface area (Å²) < 4.78 is 17.3. The smallest absolute Gasteiger partial charge is 0.494 e. The summed E-state index contributed by atoms with van der Waals surface area (Å²) in [5.74, 6) is 0.696. The van der Waals surface area contributed by atoms with Crippen molar-refractivity contribution in [3.63, 3.8) is 0 Å². The van der Waals surface area contributed by atoms with E-state index in [1.165, 1.54) is 0 Å². The SMILES string of the molecule is CC.CC.COc1c(C)cc(B2OC(C)(C)C(C)(C)O2)cc1Cl. The molecule has 0 saturated carbocycles. The number of hydrogen-bond acceptors (Lipinski definition) is 3. The van der Waals surface area contributed by atoms with Crippen LogP contribution >= 0.6 is 11.6 Å². The van der Waals surface area contributed by atoms with Gasteiger partial charge in [0.05, 0.1) is 23.3 Å². The minimum Gasteiger partial charge on any atom is -0.495 e. The Morgan fingerprint density at radius 2 is 1.39 bits per heavy atom. The number of rotatable bonds is 2. The third-order valence-corrected chi connectivity index (χ3v) is 4.26. The van der Waals surface area contributed by atoms with Crippen molar-refractivity contribution in [2.24, 2.45) is 0 Å². The summed E-state index contributed by atoms with van der Waals surface area (Å²) in [5, 5.41) is 0.576. The van der Waals surface area contributed by atoms with E-state index in [0.29, 0.717) is 10.8 Å². The largest absolute Gasteiger partial charge is 0.495 e. The van der Waals surface area contributed by atoms with Gasteiger partial charge in [-0.05, 0) is 51.7 Å². The number of aryl methyl sites for hydroxylation is 1. The minimum atomic E-state index is -0.396. The average molecular weight is 343 g/mol. The lowest BCUT2D eigenvalue weighted by Crippen LogP contribution is -2.41. The third-order valence-electron chi connectivity index (χ3n) is 3.98. The molecular weight excluding hydrogens is 310 g/mol. The zero-order chi connectivity index (χ0) is 18.4. The number of benzene rings is 1. The Bertz CT molecular complexity index is 462. The number of halogens is 1. The van der Waals surface area contributed by atoms with Gasteiger partial charge < -0.3 is 14.0 Å². The summed E-state index contributed by atoms with van der Waals surface area (Å²) >= 11 is 6.22. The highest BCUT2D eigenvalue weighted by atomic mass is 35.5. The number of ether oxygens (including phenoxy) is 1. The Morgan fingerprint density at radius 1 is 0.957 bits per heavy atom. The summed E-state index contributed by atoms with van der Waals surface area (Å²) in [4.78, 5) is 0. The maximum absolute atomic E-state index is 6.22. The Hall–Kier alpha value is -0.705. The van der Waals surface area contributed by atoms with Gasteiger partial charge in [-0.15, -0.1) is 0 Å². The lowest BCUT2D eigenvalue weighted by molar-refractivity contribution is 0.00578. The van der Waals surface area contributed by atoms with Gasteiger partial charge in [0, 0.05) is 0 Å². The molecule has 1 aliphatic heterocycles.